The van der Waals surface area contributed by atoms with Crippen molar-refractivity contribution in [3.05, 3.63) is 64.2 Å². The van der Waals surface area contributed by atoms with Crippen molar-refractivity contribution in [2.75, 3.05) is 13.6 Å². The van der Waals surface area contributed by atoms with E-state index in [-0.39, 0.29) is 0 Å². The number of aliphatic imine (C=N–C) groups is 1. The molecule has 0 amide bonds. The summed E-state index contributed by atoms with van der Waals surface area (Å²) in [6.45, 7) is 5.64. The van der Waals surface area contributed by atoms with Gasteiger partial charge in [0.1, 0.15) is 6.26 Å². The van der Waals surface area contributed by atoms with Gasteiger partial charge in [0, 0.05) is 19.2 Å². The normalized spacial score (nSPS) is 12.8. The first kappa shape index (κ1) is 18.2. The van der Waals surface area contributed by atoms with Gasteiger partial charge in [0.15, 0.2) is 5.96 Å². The quantitative estimate of drug-likeness (QED) is 0.506. The summed E-state index contributed by atoms with van der Waals surface area (Å²) in [5.74, 6) is 1.82. The van der Waals surface area contributed by atoms with Crippen molar-refractivity contribution in [2.24, 2.45) is 4.99 Å². The Morgan fingerprint density at radius 3 is 2.73 bits per heavy atom. The lowest BCUT2D eigenvalue weighted by Gasteiger charge is -2.14. The number of aromatic nitrogens is 1. The Bertz CT molecular complexity index is 837. The lowest BCUT2D eigenvalue weighted by Crippen LogP contribution is -2.38. The Morgan fingerprint density at radius 1 is 1.23 bits per heavy atom. The summed E-state index contributed by atoms with van der Waals surface area (Å²) in [5, 5.41) is 10.9. The van der Waals surface area contributed by atoms with Crippen LogP contribution >= 0.6 is 11.3 Å². The van der Waals surface area contributed by atoms with Crippen molar-refractivity contribution < 1.29 is 4.42 Å². The highest BCUT2D eigenvalue weighted by molar-refractivity contribution is 7.07. The zero-order valence-corrected chi connectivity index (χ0v) is 16.1. The highest BCUT2D eigenvalue weighted by atomic mass is 32.1. The SMILES string of the molecule is CN=C(NCc1coc(-c2ccc(C)cc2)n1)NCC(C)c1ccsc1. The van der Waals surface area contributed by atoms with Gasteiger partial charge in [-0.1, -0.05) is 24.6 Å². The Kier molecular flexibility index (Phi) is 6.07. The van der Waals surface area contributed by atoms with E-state index in [9.17, 15) is 0 Å². The number of guanidine groups is 1. The number of hydrogen-bond acceptors (Lipinski definition) is 4. The van der Waals surface area contributed by atoms with E-state index in [1.807, 2.05) is 12.1 Å². The molecule has 0 radical (unpaired) electrons. The second-order valence-electron chi connectivity index (χ2n) is 6.27. The van der Waals surface area contributed by atoms with Crippen LogP contribution in [-0.4, -0.2) is 24.5 Å². The topological polar surface area (TPSA) is 62.5 Å². The molecule has 1 unspecified atom stereocenters. The number of nitrogens with zero attached hydrogens (tertiary/aromatic N) is 2. The lowest BCUT2D eigenvalue weighted by atomic mass is 10.1. The predicted molar refractivity (Wildman–Crippen MR) is 108 cm³/mol. The molecule has 1 atom stereocenters. The van der Waals surface area contributed by atoms with Crippen LogP contribution in [0.3, 0.4) is 0 Å². The van der Waals surface area contributed by atoms with E-state index in [0.29, 0.717) is 18.4 Å². The van der Waals surface area contributed by atoms with Crippen LogP contribution in [0.5, 0.6) is 0 Å². The molecule has 0 bridgehead atoms. The summed E-state index contributed by atoms with van der Waals surface area (Å²) >= 11 is 1.72. The maximum atomic E-state index is 5.59. The van der Waals surface area contributed by atoms with E-state index in [0.717, 1.165) is 23.8 Å². The third-order valence-corrected chi connectivity index (χ3v) is 4.90. The van der Waals surface area contributed by atoms with Gasteiger partial charge in [-0.3, -0.25) is 4.99 Å². The fraction of sp³-hybridized carbons (Fsp3) is 0.300. The number of nitrogens with one attached hydrogen (secondary N) is 2. The molecule has 0 aliphatic heterocycles. The molecule has 2 N–H and O–H groups in total. The third kappa shape index (κ3) is 4.73. The molecule has 0 spiro atoms. The molecule has 0 saturated carbocycles. The maximum absolute atomic E-state index is 5.59. The molecule has 3 rings (SSSR count). The molecule has 0 saturated heterocycles. The Morgan fingerprint density at radius 2 is 2.04 bits per heavy atom. The molecule has 0 aliphatic rings. The minimum absolute atomic E-state index is 0.431. The van der Waals surface area contributed by atoms with E-state index in [4.69, 9.17) is 4.42 Å². The number of benzene rings is 1. The minimum atomic E-state index is 0.431. The molecule has 5 nitrogen and oxygen atoms in total. The molecule has 26 heavy (non-hydrogen) atoms. The molecule has 2 aromatic heterocycles. The molecule has 3 aromatic rings. The van der Waals surface area contributed by atoms with Crippen LogP contribution in [0.4, 0.5) is 0 Å². The average molecular weight is 369 g/mol. The number of oxazole rings is 1. The van der Waals surface area contributed by atoms with E-state index in [1.54, 1.807) is 24.6 Å². The van der Waals surface area contributed by atoms with Gasteiger partial charge >= 0.3 is 0 Å². The van der Waals surface area contributed by atoms with E-state index >= 15 is 0 Å². The second kappa shape index (κ2) is 8.67. The van der Waals surface area contributed by atoms with Crippen LogP contribution < -0.4 is 10.6 Å². The van der Waals surface area contributed by atoms with Crippen LogP contribution in [0, 0.1) is 6.92 Å². The van der Waals surface area contributed by atoms with Crippen molar-refractivity contribution in [1.29, 1.82) is 0 Å². The van der Waals surface area contributed by atoms with Crippen molar-refractivity contribution in [3.63, 3.8) is 0 Å². The van der Waals surface area contributed by atoms with E-state index in [1.165, 1.54) is 11.1 Å². The van der Waals surface area contributed by atoms with Gasteiger partial charge in [-0.05, 0) is 47.4 Å². The van der Waals surface area contributed by atoms with Crippen LogP contribution in [0.1, 0.15) is 29.7 Å². The zero-order chi connectivity index (χ0) is 18.4. The first-order valence-corrected chi connectivity index (χ1v) is 9.58. The number of aryl methyl sites for hydroxylation is 1. The Balaban J connectivity index is 1.52. The summed E-state index contributed by atoms with van der Waals surface area (Å²) < 4.78 is 5.59. The summed E-state index contributed by atoms with van der Waals surface area (Å²) in [6, 6.07) is 10.3. The first-order chi connectivity index (χ1) is 12.7. The minimum Gasteiger partial charge on any atom is -0.444 e. The first-order valence-electron chi connectivity index (χ1n) is 8.63. The number of hydrogen-bond donors (Lipinski definition) is 2. The van der Waals surface area contributed by atoms with Crippen molar-refractivity contribution in [1.82, 2.24) is 15.6 Å². The molecular formula is C20H24N4OS. The fourth-order valence-corrected chi connectivity index (χ4v) is 3.32. The van der Waals surface area contributed by atoms with E-state index < -0.39 is 0 Å². The van der Waals surface area contributed by atoms with Gasteiger partial charge in [-0.15, -0.1) is 0 Å². The molecular weight excluding hydrogens is 344 g/mol. The van der Waals surface area contributed by atoms with Crippen molar-refractivity contribution in [3.8, 4) is 11.5 Å². The third-order valence-electron chi connectivity index (χ3n) is 4.20. The summed E-state index contributed by atoms with van der Waals surface area (Å²) in [6.07, 6.45) is 1.68. The lowest BCUT2D eigenvalue weighted by molar-refractivity contribution is 0.572. The van der Waals surface area contributed by atoms with Gasteiger partial charge in [0.25, 0.3) is 0 Å². The maximum Gasteiger partial charge on any atom is 0.226 e. The number of rotatable bonds is 6. The molecule has 2 heterocycles. The highest BCUT2D eigenvalue weighted by Crippen LogP contribution is 2.19. The van der Waals surface area contributed by atoms with Crippen LogP contribution in [0.2, 0.25) is 0 Å². The zero-order valence-electron chi connectivity index (χ0n) is 15.3. The monoisotopic (exact) mass is 368 g/mol. The van der Waals surface area contributed by atoms with Crippen molar-refractivity contribution in [2.45, 2.75) is 26.3 Å². The molecule has 136 valence electrons. The highest BCUT2D eigenvalue weighted by Gasteiger charge is 2.09. The van der Waals surface area contributed by atoms with Gasteiger partial charge in [-0.2, -0.15) is 11.3 Å². The molecule has 0 aliphatic carbocycles. The summed E-state index contributed by atoms with van der Waals surface area (Å²) in [5.41, 5.74) is 4.38. The average Bonchev–Trinajstić information content (AvgIpc) is 3.34. The summed E-state index contributed by atoms with van der Waals surface area (Å²) in [4.78, 5) is 8.81. The van der Waals surface area contributed by atoms with Crippen LogP contribution in [0.15, 0.2) is 56.8 Å². The second-order valence-corrected chi connectivity index (χ2v) is 7.05. The van der Waals surface area contributed by atoms with Gasteiger partial charge < -0.3 is 15.1 Å². The van der Waals surface area contributed by atoms with Crippen LogP contribution in [-0.2, 0) is 6.54 Å². The summed E-state index contributed by atoms with van der Waals surface area (Å²) in [7, 11) is 1.77. The standard InChI is InChI=1S/C20H24N4OS/c1-14-4-6-16(7-5-14)19-24-18(12-25-19)11-23-20(21-3)22-10-15(2)17-8-9-26-13-17/h4-9,12-13,15H,10-11H2,1-3H3,(H2,21,22,23). The fourth-order valence-electron chi connectivity index (χ4n) is 2.53. The van der Waals surface area contributed by atoms with Gasteiger partial charge in [0.05, 0.1) is 12.2 Å². The molecule has 0 fully saturated rings. The Hall–Kier alpha value is -2.60. The van der Waals surface area contributed by atoms with E-state index in [2.05, 4.69) is 63.4 Å². The van der Waals surface area contributed by atoms with Crippen molar-refractivity contribution >= 4 is 17.3 Å². The van der Waals surface area contributed by atoms with Crippen LogP contribution in [0.25, 0.3) is 11.5 Å². The van der Waals surface area contributed by atoms with Gasteiger partial charge in [0.2, 0.25) is 5.89 Å². The predicted octanol–water partition coefficient (Wildman–Crippen LogP) is 4.18. The molecule has 1 aromatic carbocycles. The number of thiophene rings is 1. The van der Waals surface area contributed by atoms with Gasteiger partial charge in [-0.25, -0.2) is 4.98 Å². The Labute approximate surface area is 158 Å². The smallest absolute Gasteiger partial charge is 0.226 e. The molecule has 6 heteroatoms. The largest absolute Gasteiger partial charge is 0.444 e.